The molecular weight excluding hydrogens is 198 g/mol. The summed E-state index contributed by atoms with van der Waals surface area (Å²) >= 11 is 0. The Bertz CT molecular complexity index is 203. The summed E-state index contributed by atoms with van der Waals surface area (Å²) in [5.74, 6) is 2.16. The minimum atomic E-state index is 0.884. The van der Waals surface area contributed by atoms with E-state index >= 15 is 0 Å². The molecule has 0 bridgehead atoms. The lowest BCUT2D eigenvalue weighted by molar-refractivity contribution is -0.544. The van der Waals surface area contributed by atoms with Crippen LogP contribution in [0, 0.1) is 5.92 Å². The number of hydrogen-bond acceptors (Lipinski definition) is 1. The lowest BCUT2D eigenvalue weighted by atomic mass is 10.2. The predicted molar refractivity (Wildman–Crippen MR) is 69.2 cm³/mol. The molecule has 0 fully saturated rings. The van der Waals surface area contributed by atoms with Gasteiger partial charge >= 0.3 is 5.90 Å². The summed E-state index contributed by atoms with van der Waals surface area (Å²) in [6.07, 6.45) is 7.76. The van der Waals surface area contributed by atoms with Crippen LogP contribution in [0.25, 0.3) is 0 Å². The number of rotatable bonds is 1. The van der Waals surface area contributed by atoms with Gasteiger partial charge in [0.1, 0.15) is 13.1 Å². The first kappa shape index (κ1) is 13.5. The SMILES string of the molecule is C1CCC2=[N+](CC1)CCCO2.CCC(C)C. The Morgan fingerprint density at radius 3 is 2.50 bits per heavy atom. The monoisotopic (exact) mass is 226 g/mol. The van der Waals surface area contributed by atoms with Gasteiger partial charge in [-0.1, -0.05) is 27.2 Å². The van der Waals surface area contributed by atoms with Crippen molar-refractivity contribution in [3.05, 3.63) is 0 Å². The van der Waals surface area contributed by atoms with Crippen molar-refractivity contribution < 1.29 is 9.31 Å². The van der Waals surface area contributed by atoms with Crippen molar-refractivity contribution in [2.75, 3.05) is 19.7 Å². The summed E-state index contributed by atoms with van der Waals surface area (Å²) in [7, 11) is 0. The Morgan fingerprint density at radius 1 is 1.12 bits per heavy atom. The predicted octanol–water partition coefficient (Wildman–Crippen LogP) is 3.44. The third-order valence-electron chi connectivity index (χ3n) is 3.33. The highest BCUT2D eigenvalue weighted by molar-refractivity contribution is 5.71. The second-order valence-corrected chi connectivity index (χ2v) is 5.20. The second-order valence-electron chi connectivity index (χ2n) is 5.20. The molecule has 2 aliphatic rings. The van der Waals surface area contributed by atoms with E-state index in [4.69, 9.17) is 4.74 Å². The van der Waals surface area contributed by atoms with Crippen LogP contribution in [0.1, 0.15) is 59.3 Å². The summed E-state index contributed by atoms with van der Waals surface area (Å²) in [5, 5.41) is 0. The van der Waals surface area contributed by atoms with Crippen LogP contribution in [0.4, 0.5) is 0 Å². The number of nitrogens with zero attached hydrogens (tertiary/aromatic N) is 1. The van der Waals surface area contributed by atoms with Gasteiger partial charge in [0.25, 0.3) is 0 Å². The van der Waals surface area contributed by atoms with Crippen LogP contribution in [0.2, 0.25) is 0 Å². The number of hydrogen-bond donors (Lipinski definition) is 0. The zero-order chi connectivity index (χ0) is 11.8. The first-order valence-electron chi connectivity index (χ1n) is 6.97. The summed E-state index contributed by atoms with van der Waals surface area (Å²) in [6, 6.07) is 0. The highest BCUT2D eigenvalue weighted by Gasteiger charge is 2.22. The summed E-state index contributed by atoms with van der Waals surface area (Å²) in [6.45, 7) is 10.1. The van der Waals surface area contributed by atoms with Gasteiger partial charge < -0.3 is 4.74 Å². The van der Waals surface area contributed by atoms with Crippen LogP contribution in [0.3, 0.4) is 0 Å². The molecule has 2 aliphatic heterocycles. The van der Waals surface area contributed by atoms with Crippen molar-refractivity contribution in [2.45, 2.75) is 59.3 Å². The normalized spacial score (nSPS) is 20.5. The molecule has 0 aromatic carbocycles. The van der Waals surface area contributed by atoms with Crippen LogP contribution in [0.15, 0.2) is 0 Å². The Balaban J connectivity index is 0.000000221. The van der Waals surface area contributed by atoms with Gasteiger partial charge in [0.05, 0.1) is 13.0 Å². The fraction of sp³-hybridized carbons (Fsp3) is 0.929. The van der Waals surface area contributed by atoms with Crippen molar-refractivity contribution >= 4 is 5.90 Å². The zero-order valence-electron chi connectivity index (χ0n) is 11.3. The Kier molecular flexibility index (Phi) is 6.51. The molecule has 0 saturated carbocycles. The van der Waals surface area contributed by atoms with Gasteiger partial charge in [-0.2, -0.15) is 0 Å². The van der Waals surface area contributed by atoms with Gasteiger partial charge in [0.2, 0.25) is 0 Å². The maximum absolute atomic E-state index is 5.60. The molecule has 16 heavy (non-hydrogen) atoms. The third kappa shape index (κ3) is 5.00. The third-order valence-corrected chi connectivity index (χ3v) is 3.33. The van der Waals surface area contributed by atoms with E-state index in [0.717, 1.165) is 12.5 Å². The molecule has 2 heterocycles. The average Bonchev–Trinajstić information content (AvgIpc) is 2.54. The minimum absolute atomic E-state index is 0.884. The summed E-state index contributed by atoms with van der Waals surface area (Å²) in [5.41, 5.74) is 0. The highest BCUT2D eigenvalue weighted by Crippen LogP contribution is 2.11. The van der Waals surface area contributed by atoms with Gasteiger partial charge in [0, 0.05) is 12.8 Å². The fourth-order valence-corrected chi connectivity index (χ4v) is 1.88. The van der Waals surface area contributed by atoms with E-state index < -0.39 is 0 Å². The lowest BCUT2D eigenvalue weighted by Crippen LogP contribution is -2.30. The van der Waals surface area contributed by atoms with Gasteiger partial charge in [0.15, 0.2) is 0 Å². The standard InChI is InChI=1S/C9H16NO.C5H12/c1-2-5-9-10(6-3-1)7-4-8-11-9;1-4-5(2)3/h1-8H2;5H,4H2,1-3H3/q+1;. The van der Waals surface area contributed by atoms with Gasteiger partial charge in [-0.15, -0.1) is 0 Å². The highest BCUT2D eigenvalue weighted by atomic mass is 16.5. The molecule has 2 rings (SSSR count). The summed E-state index contributed by atoms with van der Waals surface area (Å²) in [4.78, 5) is 0. The Morgan fingerprint density at radius 2 is 1.81 bits per heavy atom. The van der Waals surface area contributed by atoms with Gasteiger partial charge in [-0.05, 0) is 18.8 Å². The molecule has 0 N–H and O–H groups in total. The van der Waals surface area contributed by atoms with E-state index in [-0.39, 0.29) is 0 Å². The molecular formula is C14H28NO+. The summed E-state index contributed by atoms with van der Waals surface area (Å²) < 4.78 is 8.03. The van der Waals surface area contributed by atoms with E-state index in [1.807, 2.05) is 0 Å². The number of ether oxygens (including phenoxy) is 1. The first-order chi connectivity index (χ1) is 7.74. The maximum Gasteiger partial charge on any atom is 0.336 e. The largest absolute Gasteiger partial charge is 0.448 e. The fourth-order valence-electron chi connectivity index (χ4n) is 1.88. The molecule has 0 aromatic rings. The van der Waals surface area contributed by atoms with Crippen molar-refractivity contribution in [1.29, 1.82) is 0 Å². The van der Waals surface area contributed by atoms with E-state index in [1.165, 1.54) is 57.5 Å². The zero-order valence-corrected chi connectivity index (χ0v) is 11.3. The molecule has 0 aliphatic carbocycles. The van der Waals surface area contributed by atoms with Gasteiger partial charge in [-0.25, -0.2) is 4.58 Å². The van der Waals surface area contributed by atoms with Crippen LogP contribution < -0.4 is 0 Å². The molecule has 0 spiro atoms. The smallest absolute Gasteiger partial charge is 0.336 e. The Hall–Kier alpha value is -0.530. The van der Waals surface area contributed by atoms with Crippen molar-refractivity contribution in [2.24, 2.45) is 5.92 Å². The van der Waals surface area contributed by atoms with Crippen LogP contribution >= 0.6 is 0 Å². The van der Waals surface area contributed by atoms with Crippen LogP contribution in [-0.2, 0) is 4.74 Å². The van der Waals surface area contributed by atoms with E-state index in [0.29, 0.717) is 0 Å². The minimum Gasteiger partial charge on any atom is -0.448 e. The van der Waals surface area contributed by atoms with E-state index in [2.05, 4.69) is 25.3 Å². The van der Waals surface area contributed by atoms with Crippen LogP contribution in [-0.4, -0.2) is 30.2 Å². The topological polar surface area (TPSA) is 12.2 Å². The first-order valence-corrected chi connectivity index (χ1v) is 6.97. The molecule has 0 atom stereocenters. The molecule has 0 radical (unpaired) electrons. The van der Waals surface area contributed by atoms with Crippen molar-refractivity contribution in [3.8, 4) is 0 Å². The molecule has 2 heteroatoms. The molecule has 0 aromatic heterocycles. The van der Waals surface area contributed by atoms with E-state index in [1.54, 1.807) is 0 Å². The second kappa shape index (κ2) is 7.70. The van der Waals surface area contributed by atoms with Crippen LogP contribution in [0.5, 0.6) is 0 Å². The average molecular weight is 226 g/mol. The Labute approximate surface area is 101 Å². The van der Waals surface area contributed by atoms with Gasteiger partial charge in [-0.3, -0.25) is 0 Å². The molecule has 0 saturated heterocycles. The quantitative estimate of drug-likeness (QED) is 0.624. The van der Waals surface area contributed by atoms with Crippen molar-refractivity contribution in [3.63, 3.8) is 0 Å². The van der Waals surface area contributed by atoms with Crippen molar-refractivity contribution in [1.82, 2.24) is 0 Å². The molecule has 0 amide bonds. The molecule has 0 unspecified atom stereocenters. The molecule has 2 nitrogen and oxygen atoms in total. The maximum atomic E-state index is 5.60. The molecule has 94 valence electrons. The van der Waals surface area contributed by atoms with E-state index in [9.17, 15) is 0 Å². The lowest BCUT2D eigenvalue weighted by Gasteiger charge is -2.13.